The summed E-state index contributed by atoms with van der Waals surface area (Å²) in [5, 5.41) is 15.8. The van der Waals surface area contributed by atoms with E-state index in [9.17, 15) is 4.79 Å². The molecule has 0 aromatic heterocycles. The Bertz CT molecular complexity index is 61.2. The third-order valence-electron chi connectivity index (χ3n) is 0.357. The average molecular weight is 146 g/mol. The SMILES string of the molecule is CC(O)C(=O)O.[Fe]. The summed E-state index contributed by atoms with van der Waals surface area (Å²) in [5.74, 6) is -1.19. The fourth-order valence-electron chi connectivity index (χ4n) is 0. The molecule has 1 atom stereocenters. The predicted molar refractivity (Wildman–Crippen MR) is 19.3 cm³/mol. The van der Waals surface area contributed by atoms with E-state index in [-0.39, 0.29) is 17.1 Å². The number of aliphatic carboxylic acids is 1. The normalized spacial score (nSPS) is 11.7. The molecule has 0 bridgehead atoms. The molecule has 0 aliphatic rings. The van der Waals surface area contributed by atoms with Crippen molar-refractivity contribution in [3.05, 3.63) is 0 Å². The Balaban J connectivity index is 0. The van der Waals surface area contributed by atoms with Gasteiger partial charge in [0.2, 0.25) is 0 Å². The van der Waals surface area contributed by atoms with Gasteiger partial charge < -0.3 is 10.2 Å². The first-order valence-electron chi connectivity index (χ1n) is 1.55. The number of carbonyl (C=O) groups is 1. The van der Waals surface area contributed by atoms with Crippen molar-refractivity contribution in [2.45, 2.75) is 13.0 Å². The maximum Gasteiger partial charge on any atom is 0.332 e. The molecule has 0 aliphatic carbocycles. The predicted octanol–water partition coefficient (Wildman–Crippen LogP) is -0.551. The molecule has 0 amide bonds. The minimum Gasteiger partial charge on any atom is -0.479 e. The minimum absolute atomic E-state index is 0. The van der Waals surface area contributed by atoms with Crippen molar-refractivity contribution in [3.8, 4) is 0 Å². The second kappa shape index (κ2) is 4.12. The Labute approximate surface area is 51.8 Å². The molecule has 1 unspecified atom stereocenters. The van der Waals surface area contributed by atoms with Crippen LogP contribution in [0.15, 0.2) is 0 Å². The molecule has 4 heteroatoms. The molecule has 0 aliphatic heterocycles. The first-order valence-corrected chi connectivity index (χ1v) is 1.55. The van der Waals surface area contributed by atoms with E-state index in [1.807, 2.05) is 0 Å². The molecular weight excluding hydrogens is 140 g/mol. The molecule has 0 saturated carbocycles. The summed E-state index contributed by atoms with van der Waals surface area (Å²) < 4.78 is 0. The monoisotopic (exact) mass is 146 g/mol. The van der Waals surface area contributed by atoms with E-state index in [1.165, 1.54) is 6.92 Å². The van der Waals surface area contributed by atoms with Crippen LogP contribution in [0, 0.1) is 0 Å². The maximum atomic E-state index is 9.45. The number of hydrogen-bond acceptors (Lipinski definition) is 2. The summed E-state index contributed by atoms with van der Waals surface area (Å²) in [4.78, 5) is 9.45. The van der Waals surface area contributed by atoms with Crippen molar-refractivity contribution >= 4 is 5.97 Å². The van der Waals surface area contributed by atoms with Crippen LogP contribution in [0.4, 0.5) is 0 Å². The zero-order valence-corrected chi connectivity index (χ0v) is 4.84. The number of hydrogen-bond donors (Lipinski definition) is 2. The van der Waals surface area contributed by atoms with E-state index in [0.29, 0.717) is 0 Å². The van der Waals surface area contributed by atoms with Gasteiger partial charge in [-0.3, -0.25) is 0 Å². The fourth-order valence-corrected chi connectivity index (χ4v) is 0. The van der Waals surface area contributed by atoms with Crippen LogP contribution in [0.3, 0.4) is 0 Å². The van der Waals surface area contributed by atoms with Gasteiger partial charge in [0.15, 0.2) is 0 Å². The largest absolute Gasteiger partial charge is 0.479 e. The van der Waals surface area contributed by atoms with Crippen molar-refractivity contribution in [2.24, 2.45) is 0 Å². The van der Waals surface area contributed by atoms with E-state index in [2.05, 4.69) is 0 Å². The first kappa shape index (κ1) is 10.0. The standard InChI is InChI=1S/C3H6O3.Fe/c1-2(4)3(5)6;/h2,4H,1H3,(H,5,6);. The Morgan fingerprint density at radius 3 is 1.86 bits per heavy atom. The Kier molecular flexibility index (Phi) is 5.91. The van der Waals surface area contributed by atoms with Gasteiger partial charge in [-0.15, -0.1) is 0 Å². The molecule has 0 radical (unpaired) electrons. The Morgan fingerprint density at radius 2 is 1.86 bits per heavy atom. The van der Waals surface area contributed by atoms with E-state index in [1.54, 1.807) is 0 Å². The third-order valence-corrected chi connectivity index (χ3v) is 0.357. The molecule has 0 saturated heterocycles. The van der Waals surface area contributed by atoms with Gasteiger partial charge in [0, 0.05) is 17.1 Å². The topological polar surface area (TPSA) is 57.5 Å². The molecule has 2 N–H and O–H groups in total. The summed E-state index contributed by atoms with van der Waals surface area (Å²) in [7, 11) is 0. The zero-order chi connectivity index (χ0) is 5.15. The van der Waals surface area contributed by atoms with Gasteiger partial charge in [-0.05, 0) is 6.92 Å². The van der Waals surface area contributed by atoms with Crippen LogP contribution in [0.1, 0.15) is 6.92 Å². The van der Waals surface area contributed by atoms with Crippen LogP contribution in [0.5, 0.6) is 0 Å². The van der Waals surface area contributed by atoms with Crippen molar-refractivity contribution in [3.63, 3.8) is 0 Å². The van der Waals surface area contributed by atoms with Gasteiger partial charge in [-0.2, -0.15) is 0 Å². The van der Waals surface area contributed by atoms with Crippen molar-refractivity contribution < 1.29 is 32.1 Å². The molecule has 0 spiro atoms. The van der Waals surface area contributed by atoms with Gasteiger partial charge in [0.25, 0.3) is 0 Å². The first-order chi connectivity index (χ1) is 2.64. The molecule has 0 rings (SSSR count). The average Bonchev–Trinajstić information content (AvgIpc) is 1.36. The summed E-state index contributed by atoms with van der Waals surface area (Å²) >= 11 is 0. The van der Waals surface area contributed by atoms with Gasteiger partial charge in [-0.25, -0.2) is 4.79 Å². The van der Waals surface area contributed by atoms with Crippen LogP contribution in [0.2, 0.25) is 0 Å². The van der Waals surface area contributed by atoms with Gasteiger partial charge in [-0.1, -0.05) is 0 Å². The van der Waals surface area contributed by atoms with Crippen molar-refractivity contribution in [2.75, 3.05) is 0 Å². The van der Waals surface area contributed by atoms with Crippen LogP contribution in [-0.2, 0) is 21.9 Å². The summed E-state index contributed by atoms with van der Waals surface area (Å²) in [6.07, 6.45) is -1.23. The van der Waals surface area contributed by atoms with Crippen LogP contribution in [0.25, 0.3) is 0 Å². The molecule has 44 valence electrons. The summed E-state index contributed by atoms with van der Waals surface area (Å²) in [6.45, 7) is 1.20. The van der Waals surface area contributed by atoms with Gasteiger partial charge in [0.1, 0.15) is 6.10 Å². The van der Waals surface area contributed by atoms with Crippen LogP contribution < -0.4 is 0 Å². The molecule has 0 heterocycles. The summed E-state index contributed by atoms with van der Waals surface area (Å²) in [5.41, 5.74) is 0. The van der Waals surface area contributed by atoms with E-state index in [4.69, 9.17) is 10.2 Å². The number of carboxylic acid groups (broad SMARTS) is 1. The van der Waals surface area contributed by atoms with Crippen LogP contribution >= 0.6 is 0 Å². The minimum atomic E-state index is -1.23. The third kappa shape index (κ3) is 5.95. The number of aliphatic hydroxyl groups excluding tert-OH is 1. The smallest absolute Gasteiger partial charge is 0.332 e. The number of carboxylic acids is 1. The maximum absolute atomic E-state index is 9.45. The molecule has 7 heavy (non-hydrogen) atoms. The second-order valence-corrected chi connectivity index (χ2v) is 1.01. The molecular formula is C3H6FeO3. The number of aliphatic hydroxyl groups is 1. The quantitative estimate of drug-likeness (QED) is 0.488. The number of rotatable bonds is 1. The molecule has 0 aromatic rings. The van der Waals surface area contributed by atoms with Crippen LogP contribution in [-0.4, -0.2) is 22.3 Å². The Morgan fingerprint density at radius 1 is 1.71 bits per heavy atom. The molecule has 0 fully saturated rings. The molecule has 0 aromatic carbocycles. The Hall–Kier alpha value is -0.0505. The zero-order valence-electron chi connectivity index (χ0n) is 3.73. The van der Waals surface area contributed by atoms with E-state index in [0.717, 1.165) is 0 Å². The summed E-state index contributed by atoms with van der Waals surface area (Å²) in [6, 6.07) is 0. The van der Waals surface area contributed by atoms with E-state index < -0.39 is 12.1 Å². The molecule has 3 nitrogen and oxygen atoms in total. The van der Waals surface area contributed by atoms with Gasteiger partial charge in [0.05, 0.1) is 0 Å². The fraction of sp³-hybridized carbons (Fsp3) is 0.667. The van der Waals surface area contributed by atoms with E-state index >= 15 is 0 Å². The van der Waals surface area contributed by atoms with Gasteiger partial charge >= 0.3 is 5.97 Å². The second-order valence-electron chi connectivity index (χ2n) is 1.01. The van der Waals surface area contributed by atoms with Crippen molar-refractivity contribution in [1.82, 2.24) is 0 Å². The van der Waals surface area contributed by atoms with Crippen molar-refractivity contribution in [1.29, 1.82) is 0 Å².